The van der Waals surface area contributed by atoms with Crippen molar-refractivity contribution < 1.29 is 9.53 Å². The first-order valence-electron chi connectivity index (χ1n) is 9.47. The maximum atomic E-state index is 12.4. The lowest BCUT2D eigenvalue weighted by Crippen LogP contribution is -2.17. The molecule has 0 atom stereocenters. The van der Waals surface area contributed by atoms with Crippen LogP contribution in [0.2, 0.25) is 0 Å². The third-order valence-electron chi connectivity index (χ3n) is 4.62. The van der Waals surface area contributed by atoms with Gasteiger partial charge in [0.25, 0.3) is 5.56 Å². The Morgan fingerprint density at radius 1 is 1.16 bits per heavy atom. The molecule has 158 valence electrons. The standard InChI is InChI=1S/C21H20N6O3S/c1-27-18(11-19(28)23-15-9-5-6-10-16(15)30-2)25-26-21(27)31-12-17-22-14-8-4-3-7-13(14)20(29)24-17/h3-10H,11-12H2,1-2H3,(H,23,28)(H,22,24,29). The Morgan fingerprint density at radius 2 is 1.94 bits per heavy atom. The molecule has 0 unspecified atom stereocenters. The van der Waals surface area contributed by atoms with E-state index in [4.69, 9.17) is 4.74 Å². The number of benzene rings is 2. The fourth-order valence-electron chi connectivity index (χ4n) is 3.05. The largest absolute Gasteiger partial charge is 0.495 e. The summed E-state index contributed by atoms with van der Waals surface area (Å²) in [6.07, 6.45) is 0.0627. The van der Waals surface area contributed by atoms with Gasteiger partial charge in [0.2, 0.25) is 5.91 Å². The summed E-state index contributed by atoms with van der Waals surface area (Å²) in [6.45, 7) is 0. The third-order valence-corrected chi connectivity index (χ3v) is 5.66. The minimum atomic E-state index is -0.225. The molecule has 2 N–H and O–H groups in total. The highest BCUT2D eigenvalue weighted by molar-refractivity contribution is 7.98. The molecule has 0 saturated carbocycles. The number of hydrogen-bond donors (Lipinski definition) is 2. The van der Waals surface area contributed by atoms with Crippen LogP contribution in [0.3, 0.4) is 0 Å². The van der Waals surface area contributed by atoms with Crippen molar-refractivity contribution in [2.75, 3.05) is 12.4 Å². The van der Waals surface area contributed by atoms with Crippen LogP contribution in [-0.4, -0.2) is 37.7 Å². The van der Waals surface area contributed by atoms with Crippen LogP contribution >= 0.6 is 11.8 Å². The average molecular weight is 436 g/mol. The Morgan fingerprint density at radius 3 is 2.77 bits per heavy atom. The Labute approximate surface area is 181 Å². The molecular weight excluding hydrogens is 416 g/mol. The quantitative estimate of drug-likeness (QED) is 0.428. The van der Waals surface area contributed by atoms with Crippen LogP contribution in [-0.2, 0) is 24.0 Å². The third kappa shape index (κ3) is 4.58. The first-order valence-corrected chi connectivity index (χ1v) is 10.5. The number of nitrogens with one attached hydrogen (secondary N) is 2. The summed E-state index contributed by atoms with van der Waals surface area (Å²) in [5.74, 6) is 1.85. The van der Waals surface area contributed by atoms with E-state index >= 15 is 0 Å². The minimum absolute atomic E-state index is 0.0627. The molecule has 0 aliphatic carbocycles. The van der Waals surface area contributed by atoms with Gasteiger partial charge in [-0.3, -0.25) is 9.59 Å². The molecule has 0 spiro atoms. The van der Waals surface area contributed by atoms with Crippen molar-refractivity contribution in [1.82, 2.24) is 24.7 Å². The lowest BCUT2D eigenvalue weighted by atomic mass is 10.2. The second-order valence-electron chi connectivity index (χ2n) is 6.70. The van der Waals surface area contributed by atoms with E-state index in [1.165, 1.54) is 11.8 Å². The highest BCUT2D eigenvalue weighted by atomic mass is 32.2. The van der Waals surface area contributed by atoms with E-state index in [1.54, 1.807) is 49.1 Å². The summed E-state index contributed by atoms with van der Waals surface area (Å²) in [5.41, 5.74) is 1.07. The fraction of sp³-hybridized carbons (Fsp3) is 0.190. The zero-order valence-corrected chi connectivity index (χ0v) is 17.8. The van der Waals surface area contributed by atoms with Crippen molar-refractivity contribution >= 4 is 34.3 Å². The van der Waals surface area contributed by atoms with Gasteiger partial charge in [-0.2, -0.15) is 0 Å². The van der Waals surface area contributed by atoms with Crippen molar-refractivity contribution in [2.24, 2.45) is 7.05 Å². The molecule has 0 saturated heterocycles. The van der Waals surface area contributed by atoms with E-state index < -0.39 is 0 Å². The molecule has 4 aromatic rings. The van der Waals surface area contributed by atoms with Gasteiger partial charge in [-0.25, -0.2) is 4.98 Å². The van der Waals surface area contributed by atoms with Gasteiger partial charge in [0.15, 0.2) is 5.16 Å². The van der Waals surface area contributed by atoms with Crippen LogP contribution in [0.5, 0.6) is 5.75 Å². The summed E-state index contributed by atoms with van der Waals surface area (Å²) < 4.78 is 7.01. The number of aromatic amines is 1. The molecular formula is C21H20N6O3S. The van der Waals surface area contributed by atoms with E-state index in [9.17, 15) is 9.59 Å². The lowest BCUT2D eigenvalue weighted by Gasteiger charge is -2.09. The molecule has 4 rings (SSSR count). The van der Waals surface area contributed by atoms with E-state index in [-0.39, 0.29) is 17.9 Å². The van der Waals surface area contributed by atoms with Crippen molar-refractivity contribution in [1.29, 1.82) is 0 Å². The first kappa shape index (κ1) is 20.6. The molecule has 2 aromatic heterocycles. The molecule has 2 heterocycles. The van der Waals surface area contributed by atoms with Crippen LogP contribution in [0.25, 0.3) is 10.9 Å². The van der Waals surface area contributed by atoms with Crippen LogP contribution in [0.4, 0.5) is 5.69 Å². The van der Waals surface area contributed by atoms with Crippen LogP contribution in [0, 0.1) is 0 Å². The summed E-state index contributed by atoms with van der Waals surface area (Å²) in [4.78, 5) is 31.9. The number of aromatic nitrogens is 5. The minimum Gasteiger partial charge on any atom is -0.495 e. The van der Waals surface area contributed by atoms with Gasteiger partial charge in [0.1, 0.15) is 17.4 Å². The van der Waals surface area contributed by atoms with Gasteiger partial charge < -0.3 is 19.6 Å². The number of methoxy groups -OCH3 is 1. The van der Waals surface area contributed by atoms with Crippen LogP contribution in [0.1, 0.15) is 11.6 Å². The second kappa shape index (κ2) is 9.00. The number of carbonyl (C=O) groups excluding carboxylic acids is 1. The van der Waals surface area contributed by atoms with Crippen molar-refractivity contribution in [2.45, 2.75) is 17.3 Å². The van der Waals surface area contributed by atoms with Crippen molar-refractivity contribution in [3.05, 3.63) is 70.5 Å². The number of thioether (sulfide) groups is 1. The number of carbonyl (C=O) groups is 1. The molecule has 1 amide bonds. The number of rotatable bonds is 7. The summed E-state index contributed by atoms with van der Waals surface area (Å²) in [5, 5.41) is 12.3. The van der Waals surface area contributed by atoms with Crippen molar-refractivity contribution in [3.63, 3.8) is 0 Å². The van der Waals surface area contributed by atoms with E-state index in [1.807, 2.05) is 18.2 Å². The molecule has 10 heteroatoms. The monoisotopic (exact) mass is 436 g/mol. The normalized spacial score (nSPS) is 10.9. The predicted molar refractivity (Wildman–Crippen MR) is 118 cm³/mol. The van der Waals surface area contributed by atoms with Crippen molar-refractivity contribution in [3.8, 4) is 5.75 Å². The Bertz CT molecular complexity index is 1300. The van der Waals surface area contributed by atoms with Crippen LogP contribution < -0.4 is 15.6 Å². The highest BCUT2D eigenvalue weighted by Crippen LogP contribution is 2.24. The van der Waals surface area contributed by atoms with E-state index in [0.29, 0.717) is 44.9 Å². The molecule has 0 aliphatic heterocycles. The Balaban J connectivity index is 1.42. The number of hydrogen-bond acceptors (Lipinski definition) is 7. The van der Waals surface area contributed by atoms with E-state index in [0.717, 1.165) is 0 Å². The average Bonchev–Trinajstić information content (AvgIpc) is 3.12. The molecule has 0 radical (unpaired) electrons. The Hall–Kier alpha value is -3.66. The topological polar surface area (TPSA) is 115 Å². The van der Waals surface area contributed by atoms with Gasteiger partial charge in [0, 0.05) is 7.05 Å². The highest BCUT2D eigenvalue weighted by Gasteiger charge is 2.15. The van der Waals surface area contributed by atoms with Gasteiger partial charge in [-0.05, 0) is 24.3 Å². The molecule has 0 aliphatic rings. The van der Waals surface area contributed by atoms with E-state index in [2.05, 4.69) is 25.5 Å². The number of ether oxygens (including phenoxy) is 1. The second-order valence-corrected chi connectivity index (χ2v) is 7.64. The summed E-state index contributed by atoms with van der Waals surface area (Å²) in [6, 6.07) is 14.4. The zero-order chi connectivity index (χ0) is 21.8. The zero-order valence-electron chi connectivity index (χ0n) is 17.0. The van der Waals surface area contributed by atoms with Gasteiger partial charge in [-0.15, -0.1) is 10.2 Å². The maximum absolute atomic E-state index is 12.4. The maximum Gasteiger partial charge on any atom is 0.258 e. The van der Waals surface area contributed by atoms with Gasteiger partial charge in [0.05, 0.1) is 35.9 Å². The smallest absolute Gasteiger partial charge is 0.258 e. The summed E-state index contributed by atoms with van der Waals surface area (Å²) >= 11 is 1.38. The first-order chi connectivity index (χ1) is 15.0. The molecule has 31 heavy (non-hydrogen) atoms. The number of anilines is 1. The van der Waals surface area contributed by atoms with Gasteiger partial charge >= 0.3 is 0 Å². The number of nitrogens with zero attached hydrogens (tertiary/aromatic N) is 4. The fourth-order valence-corrected chi connectivity index (χ4v) is 3.85. The lowest BCUT2D eigenvalue weighted by molar-refractivity contribution is -0.115. The molecule has 2 aromatic carbocycles. The van der Waals surface area contributed by atoms with Crippen LogP contribution in [0.15, 0.2) is 58.5 Å². The van der Waals surface area contributed by atoms with Gasteiger partial charge in [-0.1, -0.05) is 36.0 Å². The molecule has 0 bridgehead atoms. The number of para-hydroxylation sites is 3. The number of fused-ring (bicyclic) bond motifs is 1. The predicted octanol–water partition coefficient (Wildman–Crippen LogP) is 2.53. The molecule has 9 nitrogen and oxygen atoms in total. The SMILES string of the molecule is COc1ccccc1NC(=O)Cc1nnc(SCc2nc3ccccc3c(=O)[nH]2)n1C. The molecule has 0 fully saturated rings. The Kier molecular flexibility index (Phi) is 5.99. The summed E-state index contributed by atoms with van der Waals surface area (Å²) in [7, 11) is 3.35. The number of amides is 1. The number of H-pyrrole nitrogens is 1.